The smallest absolute Gasteiger partial charge is 0.0278 e. The Kier molecular flexibility index (Phi) is 4.65. The molecule has 2 heteroatoms. The number of hydrogen-bond acceptors (Lipinski definition) is 2. The van der Waals surface area contributed by atoms with E-state index in [0.717, 1.165) is 12.5 Å². The van der Waals surface area contributed by atoms with Gasteiger partial charge in [0, 0.05) is 24.7 Å². The van der Waals surface area contributed by atoms with Crippen LogP contribution in [0, 0.1) is 11.3 Å². The summed E-state index contributed by atoms with van der Waals surface area (Å²) < 4.78 is 0. The summed E-state index contributed by atoms with van der Waals surface area (Å²) in [5.74, 6) is 0.725. The molecule has 1 fully saturated rings. The van der Waals surface area contributed by atoms with Gasteiger partial charge in [0.05, 0.1) is 0 Å². The van der Waals surface area contributed by atoms with Crippen molar-refractivity contribution in [2.45, 2.75) is 66.5 Å². The second-order valence-corrected chi connectivity index (χ2v) is 7.80. The molecule has 0 aliphatic carbocycles. The average molecular weight is 240 g/mol. The average Bonchev–Trinajstić information content (AvgIpc) is 2.13. The standard InChI is InChI=1S/C15H32N2/c1-12(2)13-10-17(9-8-14(3,4)5)15(6,7)11-16-13/h12-13,16H,8-11H2,1-7H3. The molecule has 0 amide bonds. The zero-order valence-electron chi connectivity index (χ0n) is 12.9. The van der Waals surface area contributed by atoms with Gasteiger partial charge in [0.1, 0.15) is 0 Å². The minimum Gasteiger partial charge on any atom is -0.311 e. The number of nitrogens with one attached hydrogen (secondary N) is 1. The molecular weight excluding hydrogens is 208 g/mol. The molecule has 0 bridgehead atoms. The van der Waals surface area contributed by atoms with Crippen molar-refractivity contribution in [1.82, 2.24) is 10.2 Å². The quantitative estimate of drug-likeness (QED) is 0.815. The highest BCUT2D eigenvalue weighted by Crippen LogP contribution is 2.25. The highest BCUT2D eigenvalue weighted by atomic mass is 15.3. The number of piperazine rings is 1. The number of hydrogen-bond donors (Lipinski definition) is 1. The molecule has 1 aliphatic heterocycles. The van der Waals surface area contributed by atoms with Crippen molar-refractivity contribution in [3.05, 3.63) is 0 Å². The summed E-state index contributed by atoms with van der Waals surface area (Å²) in [5.41, 5.74) is 0.741. The Balaban J connectivity index is 2.58. The predicted molar refractivity (Wildman–Crippen MR) is 76.4 cm³/mol. The first-order valence-corrected chi connectivity index (χ1v) is 7.10. The molecule has 0 saturated carbocycles. The highest BCUT2D eigenvalue weighted by Gasteiger charge is 2.34. The van der Waals surface area contributed by atoms with Gasteiger partial charge in [0.25, 0.3) is 0 Å². The summed E-state index contributed by atoms with van der Waals surface area (Å²) in [6, 6.07) is 0.656. The van der Waals surface area contributed by atoms with Crippen molar-refractivity contribution < 1.29 is 0 Å². The second-order valence-electron chi connectivity index (χ2n) is 7.80. The van der Waals surface area contributed by atoms with Crippen molar-refractivity contribution in [3.63, 3.8) is 0 Å². The SMILES string of the molecule is CC(C)C1CN(CCC(C)(C)C)C(C)(C)CN1. The zero-order valence-corrected chi connectivity index (χ0v) is 12.9. The van der Waals surface area contributed by atoms with Gasteiger partial charge in [-0.15, -0.1) is 0 Å². The van der Waals surface area contributed by atoms with Crippen molar-refractivity contribution in [2.24, 2.45) is 11.3 Å². The minimum atomic E-state index is 0.302. The topological polar surface area (TPSA) is 15.3 Å². The highest BCUT2D eigenvalue weighted by molar-refractivity contribution is 4.94. The van der Waals surface area contributed by atoms with Crippen LogP contribution in [0.4, 0.5) is 0 Å². The van der Waals surface area contributed by atoms with E-state index in [2.05, 4.69) is 58.7 Å². The van der Waals surface area contributed by atoms with Gasteiger partial charge in [-0.2, -0.15) is 0 Å². The van der Waals surface area contributed by atoms with Gasteiger partial charge in [-0.05, 0) is 38.1 Å². The molecular formula is C15H32N2. The van der Waals surface area contributed by atoms with Crippen molar-refractivity contribution in [2.75, 3.05) is 19.6 Å². The Morgan fingerprint density at radius 1 is 1.29 bits per heavy atom. The van der Waals surface area contributed by atoms with E-state index in [9.17, 15) is 0 Å². The second kappa shape index (κ2) is 5.27. The van der Waals surface area contributed by atoms with Crippen molar-refractivity contribution in [3.8, 4) is 0 Å². The summed E-state index contributed by atoms with van der Waals surface area (Å²) in [4.78, 5) is 2.68. The lowest BCUT2D eigenvalue weighted by Crippen LogP contribution is -2.63. The monoisotopic (exact) mass is 240 g/mol. The largest absolute Gasteiger partial charge is 0.311 e. The van der Waals surface area contributed by atoms with Crippen LogP contribution in [0.25, 0.3) is 0 Å². The maximum absolute atomic E-state index is 3.69. The van der Waals surface area contributed by atoms with E-state index in [-0.39, 0.29) is 0 Å². The van der Waals surface area contributed by atoms with Gasteiger partial charge >= 0.3 is 0 Å². The van der Waals surface area contributed by atoms with Crippen LogP contribution in [0.3, 0.4) is 0 Å². The summed E-state index contributed by atoms with van der Waals surface area (Å²) in [7, 11) is 0. The fourth-order valence-corrected chi connectivity index (χ4v) is 2.35. The van der Waals surface area contributed by atoms with E-state index in [0.29, 0.717) is 17.0 Å². The number of rotatable bonds is 3. The van der Waals surface area contributed by atoms with Gasteiger partial charge in [-0.1, -0.05) is 34.6 Å². The van der Waals surface area contributed by atoms with Gasteiger partial charge in [0.15, 0.2) is 0 Å². The molecule has 1 heterocycles. The Labute approximate surface area is 108 Å². The van der Waals surface area contributed by atoms with Crippen LogP contribution in [-0.2, 0) is 0 Å². The predicted octanol–water partition coefficient (Wildman–Crippen LogP) is 3.13. The van der Waals surface area contributed by atoms with Crippen LogP contribution in [0.2, 0.25) is 0 Å². The molecule has 1 aliphatic rings. The molecule has 0 aromatic rings. The molecule has 1 rings (SSSR count). The fraction of sp³-hybridized carbons (Fsp3) is 1.00. The zero-order chi connectivity index (χ0) is 13.3. The van der Waals surface area contributed by atoms with Gasteiger partial charge in [-0.25, -0.2) is 0 Å². The molecule has 1 unspecified atom stereocenters. The van der Waals surface area contributed by atoms with Crippen LogP contribution in [0.5, 0.6) is 0 Å². The Hall–Kier alpha value is -0.0800. The van der Waals surface area contributed by atoms with Crippen LogP contribution in [-0.4, -0.2) is 36.1 Å². The van der Waals surface area contributed by atoms with Gasteiger partial charge in [0.2, 0.25) is 0 Å². The lowest BCUT2D eigenvalue weighted by Gasteiger charge is -2.48. The summed E-state index contributed by atoms with van der Waals surface area (Å²) in [6.45, 7) is 19.9. The molecule has 2 nitrogen and oxygen atoms in total. The fourth-order valence-electron chi connectivity index (χ4n) is 2.35. The third kappa shape index (κ3) is 4.59. The molecule has 1 atom stereocenters. The molecule has 0 aromatic heterocycles. The molecule has 17 heavy (non-hydrogen) atoms. The maximum Gasteiger partial charge on any atom is 0.0278 e. The van der Waals surface area contributed by atoms with Gasteiger partial charge in [-0.3, -0.25) is 4.90 Å². The maximum atomic E-state index is 3.69. The van der Waals surface area contributed by atoms with E-state index >= 15 is 0 Å². The molecule has 102 valence electrons. The third-order valence-corrected chi connectivity index (χ3v) is 4.01. The summed E-state index contributed by atoms with van der Waals surface area (Å²) in [6.07, 6.45) is 1.28. The molecule has 0 aromatic carbocycles. The Morgan fingerprint density at radius 3 is 2.35 bits per heavy atom. The summed E-state index contributed by atoms with van der Waals surface area (Å²) >= 11 is 0. The van der Waals surface area contributed by atoms with Crippen molar-refractivity contribution in [1.29, 1.82) is 0 Å². The summed E-state index contributed by atoms with van der Waals surface area (Å²) in [5, 5.41) is 3.69. The first-order chi connectivity index (χ1) is 7.62. The minimum absolute atomic E-state index is 0.302. The molecule has 1 N–H and O–H groups in total. The van der Waals surface area contributed by atoms with E-state index in [4.69, 9.17) is 0 Å². The third-order valence-electron chi connectivity index (χ3n) is 4.01. The van der Waals surface area contributed by atoms with E-state index in [1.807, 2.05) is 0 Å². The van der Waals surface area contributed by atoms with E-state index in [1.54, 1.807) is 0 Å². The van der Waals surface area contributed by atoms with Crippen LogP contribution in [0.15, 0.2) is 0 Å². The van der Waals surface area contributed by atoms with Crippen LogP contribution >= 0.6 is 0 Å². The Bertz CT molecular complexity index is 238. The van der Waals surface area contributed by atoms with E-state index < -0.39 is 0 Å². The molecule has 0 spiro atoms. The van der Waals surface area contributed by atoms with E-state index in [1.165, 1.54) is 19.5 Å². The normalized spacial score (nSPS) is 26.5. The molecule has 0 radical (unpaired) electrons. The number of nitrogens with zero attached hydrogens (tertiary/aromatic N) is 1. The Morgan fingerprint density at radius 2 is 1.88 bits per heavy atom. The lowest BCUT2D eigenvalue weighted by molar-refractivity contribution is 0.0454. The first-order valence-electron chi connectivity index (χ1n) is 7.10. The molecule has 1 saturated heterocycles. The lowest BCUT2D eigenvalue weighted by atomic mass is 9.88. The van der Waals surface area contributed by atoms with Crippen LogP contribution < -0.4 is 5.32 Å². The van der Waals surface area contributed by atoms with Crippen molar-refractivity contribution >= 4 is 0 Å². The van der Waals surface area contributed by atoms with Gasteiger partial charge < -0.3 is 5.32 Å². The first kappa shape index (κ1) is 15.0. The van der Waals surface area contributed by atoms with Crippen LogP contribution in [0.1, 0.15) is 54.9 Å².